The molecule has 0 aromatic heterocycles. The first-order chi connectivity index (χ1) is 7.72. The van der Waals surface area contributed by atoms with Crippen LogP contribution < -0.4 is 0 Å². The lowest BCUT2D eigenvalue weighted by molar-refractivity contribution is -0.0631. The Kier molecular flexibility index (Phi) is 6.31. The Morgan fingerprint density at radius 1 is 1.31 bits per heavy atom. The van der Waals surface area contributed by atoms with Crippen molar-refractivity contribution in [2.24, 2.45) is 11.0 Å². The van der Waals surface area contributed by atoms with Gasteiger partial charge in [0.2, 0.25) is 0 Å². The second-order valence-corrected chi connectivity index (χ2v) is 6.31. The molecule has 0 amide bonds. The molecule has 4 heteroatoms. The zero-order valence-electron chi connectivity index (χ0n) is 9.72. The van der Waals surface area contributed by atoms with Crippen molar-refractivity contribution in [3.05, 3.63) is 24.3 Å². The molecular weight excluding hydrogens is 236 g/mol. The van der Waals surface area contributed by atoms with Crippen LogP contribution >= 0.6 is 21.6 Å². The molecule has 1 aromatic carbocycles. The van der Waals surface area contributed by atoms with Crippen LogP contribution in [0.15, 0.2) is 34.3 Å². The van der Waals surface area contributed by atoms with Crippen LogP contribution in [0, 0.1) is 5.92 Å². The van der Waals surface area contributed by atoms with Gasteiger partial charge in [0.1, 0.15) is 10.8 Å². The molecule has 0 fully saturated rings. The highest BCUT2D eigenvalue weighted by molar-refractivity contribution is 8.76. The van der Waals surface area contributed by atoms with Gasteiger partial charge < -0.3 is 0 Å². The van der Waals surface area contributed by atoms with E-state index >= 15 is 0 Å². The summed E-state index contributed by atoms with van der Waals surface area (Å²) in [6, 6.07) is 8.05. The van der Waals surface area contributed by atoms with E-state index in [-0.39, 0.29) is 0 Å². The molecule has 0 aliphatic heterocycles. The monoisotopic (exact) mass is 253 g/mol. The van der Waals surface area contributed by atoms with Gasteiger partial charge >= 0.3 is 0 Å². The van der Waals surface area contributed by atoms with Crippen LogP contribution in [-0.4, -0.2) is 17.3 Å². The van der Waals surface area contributed by atoms with E-state index < -0.39 is 0 Å². The molecule has 0 aliphatic rings. The fourth-order valence-electron chi connectivity index (χ4n) is 1.04. The van der Waals surface area contributed by atoms with Crippen molar-refractivity contribution < 1.29 is 4.79 Å². The average Bonchev–Trinajstić information content (AvgIpc) is 2.27. The molecule has 0 heterocycles. The maximum atomic E-state index is 3.87. The Labute approximate surface area is 105 Å². The highest BCUT2D eigenvalue weighted by Gasteiger charge is 1.99. The molecule has 0 spiro atoms. The van der Waals surface area contributed by atoms with Crippen LogP contribution in [0.4, 0.5) is 5.69 Å². The van der Waals surface area contributed by atoms with Crippen molar-refractivity contribution in [2.75, 3.05) is 5.75 Å². The summed E-state index contributed by atoms with van der Waals surface area (Å²) in [7, 11) is 3.72. The molecule has 0 bridgehead atoms. The molecule has 0 aliphatic carbocycles. The molecule has 0 radical (unpaired) electrons. The van der Waals surface area contributed by atoms with Crippen LogP contribution in [0.3, 0.4) is 0 Å². The van der Waals surface area contributed by atoms with Crippen molar-refractivity contribution in [1.82, 2.24) is 0 Å². The van der Waals surface area contributed by atoms with E-state index in [0.29, 0.717) is 0 Å². The summed E-state index contributed by atoms with van der Waals surface area (Å²) >= 11 is 0. The van der Waals surface area contributed by atoms with Crippen molar-refractivity contribution >= 4 is 34.0 Å². The average molecular weight is 253 g/mol. The Bertz CT molecular complexity index is 354. The van der Waals surface area contributed by atoms with Gasteiger partial charge in [-0.2, -0.15) is 0 Å². The molecule has 16 heavy (non-hydrogen) atoms. The third-order valence-corrected chi connectivity index (χ3v) is 4.37. The normalized spacial score (nSPS) is 10.2. The van der Waals surface area contributed by atoms with E-state index in [1.54, 1.807) is 0 Å². The third kappa shape index (κ3) is 5.40. The summed E-state index contributed by atoms with van der Waals surface area (Å²) in [5.41, 5.74) is 0.853. The molecule has 0 unspecified atom stereocenters. The van der Waals surface area contributed by atoms with Gasteiger partial charge in [-0.15, -0.1) is 0 Å². The summed E-state index contributed by atoms with van der Waals surface area (Å²) in [5.74, 6) is 1.98. The van der Waals surface area contributed by atoms with Crippen LogP contribution in [0.5, 0.6) is 0 Å². The number of rotatable bonds is 6. The van der Waals surface area contributed by atoms with Crippen molar-refractivity contribution in [3.8, 4) is 0 Å². The van der Waals surface area contributed by atoms with E-state index in [1.165, 1.54) is 17.1 Å². The van der Waals surface area contributed by atoms with Crippen LogP contribution in [0.1, 0.15) is 20.3 Å². The standard InChI is InChI=1S/C12H17N2S2/c1-10(2)8-9-15-16-12-6-4-11(5-7-12)14-13-3/h4-7,10H,3,8-9H2,1-2H3/q+1. The maximum Gasteiger partial charge on any atom is 0.296 e. The number of benzene rings is 1. The molecule has 2 nitrogen and oxygen atoms in total. The Balaban J connectivity index is 2.34. The summed E-state index contributed by atoms with van der Waals surface area (Å²) in [4.78, 5) is 4.75. The van der Waals surface area contributed by atoms with Crippen molar-refractivity contribution in [1.29, 1.82) is 0 Å². The molecule has 0 atom stereocenters. The smallest absolute Gasteiger partial charge is 0.0889 e. The minimum Gasteiger partial charge on any atom is -0.0889 e. The van der Waals surface area contributed by atoms with Crippen molar-refractivity contribution in [2.45, 2.75) is 25.2 Å². The first-order valence-electron chi connectivity index (χ1n) is 5.28. The number of hydrogen-bond donors (Lipinski definition) is 0. The topological polar surface area (TPSA) is 26.5 Å². The van der Waals surface area contributed by atoms with Gasteiger partial charge in [0.15, 0.2) is 0 Å². The van der Waals surface area contributed by atoms with Gasteiger partial charge in [-0.1, -0.05) is 35.4 Å². The number of hydrogen-bond acceptors (Lipinski definition) is 3. The van der Waals surface area contributed by atoms with E-state index in [4.69, 9.17) is 0 Å². The minimum atomic E-state index is 0.785. The van der Waals surface area contributed by atoms with E-state index in [0.717, 1.165) is 11.6 Å². The summed E-state index contributed by atoms with van der Waals surface area (Å²) in [5, 5.41) is 3.87. The van der Waals surface area contributed by atoms with Crippen LogP contribution in [-0.2, 0) is 0 Å². The lowest BCUT2D eigenvalue weighted by Crippen LogP contribution is -1.87. The highest BCUT2D eigenvalue weighted by Crippen LogP contribution is 2.32. The van der Waals surface area contributed by atoms with Crippen LogP contribution in [0.2, 0.25) is 0 Å². The fourth-order valence-corrected chi connectivity index (χ4v) is 3.36. The fraction of sp³-hybridized carbons (Fsp3) is 0.417. The van der Waals surface area contributed by atoms with Gasteiger partial charge in [0.05, 0.1) is 0 Å². The van der Waals surface area contributed by atoms with Gasteiger partial charge in [0, 0.05) is 15.4 Å². The summed E-state index contributed by atoms with van der Waals surface area (Å²) < 4.78 is 0. The molecule has 0 saturated carbocycles. The lowest BCUT2D eigenvalue weighted by Gasteiger charge is -2.03. The second kappa shape index (κ2) is 7.55. The quantitative estimate of drug-likeness (QED) is 0.246. The predicted molar refractivity (Wildman–Crippen MR) is 73.7 cm³/mol. The summed E-state index contributed by atoms with van der Waals surface area (Å²) in [6.07, 6.45) is 1.27. The molecule has 1 rings (SSSR count). The van der Waals surface area contributed by atoms with Gasteiger partial charge in [-0.3, -0.25) is 0 Å². The van der Waals surface area contributed by atoms with E-state index in [1.807, 2.05) is 33.7 Å². The first-order valence-corrected chi connectivity index (χ1v) is 7.60. The van der Waals surface area contributed by atoms with Crippen molar-refractivity contribution in [3.63, 3.8) is 0 Å². The first kappa shape index (κ1) is 13.4. The zero-order valence-corrected chi connectivity index (χ0v) is 11.4. The zero-order chi connectivity index (χ0) is 11.8. The van der Waals surface area contributed by atoms with E-state index in [9.17, 15) is 0 Å². The summed E-state index contributed by atoms with van der Waals surface area (Å²) in [6.45, 7) is 7.84. The molecule has 0 saturated heterocycles. The highest BCUT2D eigenvalue weighted by atomic mass is 33.1. The minimum absolute atomic E-state index is 0.785. The molecule has 86 valence electrons. The van der Waals surface area contributed by atoms with Gasteiger partial charge in [0.25, 0.3) is 6.72 Å². The molecule has 0 N–H and O–H groups in total. The van der Waals surface area contributed by atoms with Gasteiger partial charge in [-0.05, 0) is 36.6 Å². The van der Waals surface area contributed by atoms with Crippen LogP contribution in [0.25, 0.3) is 0 Å². The molecular formula is C12H17N2S2+. The van der Waals surface area contributed by atoms with Gasteiger partial charge in [-0.25, -0.2) is 0 Å². The second-order valence-electron chi connectivity index (χ2n) is 3.82. The lowest BCUT2D eigenvalue weighted by atomic mass is 10.2. The molecule has 1 aromatic rings. The largest absolute Gasteiger partial charge is 0.296 e. The number of nitrogens with zero attached hydrogens (tertiary/aromatic N) is 2. The maximum absolute atomic E-state index is 3.87. The van der Waals surface area contributed by atoms with E-state index in [2.05, 4.69) is 42.6 Å². The third-order valence-electron chi connectivity index (χ3n) is 1.96. The SMILES string of the molecule is C=[N+]=Nc1ccc(SSCCC(C)C)cc1. The predicted octanol–water partition coefficient (Wildman–Crippen LogP) is 4.47. The Morgan fingerprint density at radius 2 is 2.00 bits per heavy atom. The Hall–Kier alpha value is -0.700. The Morgan fingerprint density at radius 3 is 2.56 bits per heavy atom.